The van der Waals surface area contributed by atoms with Crippen LogP contribution in [0.25, 0.3) is 0 Å². The topological polar surface area (TPSA) is 26.0 Å². The zero-order valence-corrected chi connectivity index (χ0v) is 6.93. The normalized spacial score (nSPS) is 30.5. The quantitative estimate of drug-likeness (QED) is 0.552. The van der Waals surface area contributed by atoms with Gasteiger partial charge in [0.05, 0.1) is 0 Å². The van der Waals surface area contributed by atoms with E-state index in [9.17, 15) is 0 Å². The van der Waals surface area contributed by atoms with Crippen LogP contribution in [0.15, 0.2) is 12.2 Å². The molecular formula is C9H17N. The van der Waals surface area contributed by atoms with E-state index in [2.05, 4.69) is 26.0 Å². The third-order valence-corrected chi connectivity index (χ3v) is 2.57. The lowest BCUT2D eigenvalue weighted by Crippen LogP contribution is -2.30. The maximum atomic E-state index is 5.64. The summed E-state index contributed by atoms with van der Waals surface area (Å²) in [6, 6.07) is 0. The lowest BCUT2D eigenvalue weighted by atomic mass is 9.73. The molecule has 1 atom stereocenters. The first-order valence-corrected chi connectivity index (χ1v) is 4.04. The molecule has 1 nitrogen and oxygen atoms in total. The molecule has 0 aliphatic heterocycles. The Bertz CT molecular complexity index is 136. The fourth-order valence-electron chi connectivity index (χ4n) is 1.61. The van der Waals surface area contributed by atoms with E-state index in [1.807, 2.05) is 0 Å². The molecule has 2 N–H and O–H groups in total. The lowest BCUT2D eigenvalue weighted by molar-refractivity contribution is 0.261. The van der Waals surface area contributed by atoms with Gasteiger partial charge >= 0.3 is 0 Å². The van der Waals surface area contributed by atoms with Gasteiger partial charge in [-0.1, -0.05) is 26.0 Å². The van der Waals surface area contributed by atoms with E-state index in [0.29, 0.717) is 11.3 Å². The zero-order valence-electron chi connectivity index (χ0n) is 6.93. The van der Waals surface area contributed by atoms with Crippen LogP contribution in [0, 0.1) is 11.3 Å². The van der Waals surface area contributed by atoms with E-state index in [1.165, 1.54) is 12.8 Å². The van der Waals surface area contributed by atoms with Crippen LogP contribution < -0.4 is 5.73 Å². The highest BCUT2D eigenvalue weighted by Crippen LogP contribution is 2.34. The van der Waals surface area contributed by atoms with Crippen molar-refractivity contribution in [3.63, 3.8) is 0 Å². The highest BCUT2D eigenvalue weighted by molar-refractivity contribution is 5.03. The third-order valence-electron chi connectivity index (χ3n) is 2.57. The van der Waals surface area contributed by atoms with Crippen LogP contribution >= 0.6 is 0 Å². The van der Waals surface area contributed by atoms with Crippen molar-refractivity contribution >= 4 is 0 Å². The van der Waals surface area contributed by atoms with Crippen LogP contribution in [0.5, 0.6) is 0 Å². The Kier molecular flexibility index (Phi) is 2.14. The summed E-state index contributed by atoms with van der Waals surface area (Å²) in [7, 11) is 0. The third kappa shape index (κ3) is 1.40. The van der Waals surface area contributed by atoms with Crippen molar-refractivity contribution in [2.45, 2.75) is 26.7 Å². The number of rotatable bonds is 1. The van der Waals surface area contributed by atoms with Crippen LogP contribution in [0.4, 0.5) is 0 Å². The van der Waals surface area contributed by atoms with Crippen LogP contribution in [0.1, 0.15) is 26.7 Å². The summed E-state index contributed by atoms with van der Waals surface area (Å²) < 4.78 is 0. The van der Waals surface area contributed by atoms with Gasteiger partial charge in [-0.2, -0.15) is 0 Å². The first kappa shape index (κ1) is 7.80. The van der Waals surface area contributed by atoms with Crippen LogP contribution in [0.2, 0.25) is 0 Å². The molecule has 1 rings (SSSR count). The molecule has 0 aromatic heterocycles. The highest BCUT2D eigenvalue weighted by Gasteiger charge is 2.26. The molecule has 58 valence electrons. The molecule has 0 aromatic carbocycles. The Balaban J connectivity index is 2.66. The summed E-state index contributed by atoms with van der Waals surface area (Å²) in [6.45, 7) is 5.36. The minimum absolute atomic E-state index is 0.340. The minimum Gasteiger partial charge on any atom is -0.330 e. The molecule has 1 aliphatic carbocycles. The van der Waals surface area contributed by atoms with Gasteiger partial charge in [-0.05, 0) is 30.7 Å². The predicted molar refractivity (Wildman–Crippen MR) is 44.7 cm³/mol. The number of nitrogens with two attached hydrogens (primary N) is 1. The highest BCUT2D eigenvalue weighted by atomic mass is 14.6. The fourth-order valence-corrected chi connectivity index (χ4v) is 1.61. The average Bonchev–Trinajstić information content (AvgIpc) is 1.87. The van der Waals surface area contributed by atoms with Crippen molar-refractivity contribution in [2.24, 2.45) is 17.1 Å². The van der Waals surface area contributed by atoms with Gasteiger partial charge in [0.2, 0.25) is 0 Å². The van der Waals surface area contributed by atoms with E-state index in [0.717, 1.165) is 6.54 Å². The molecule has 10 heavy (non-hydrogen) atoms. The summed E-state index contributed by atoms with van der Waals surface area (Å²) in [4.78, 5) is 0. The molecule has 0 fully saturated rings. The number of hydrogen-bond acceptors (Lipinski definition) is 1. The molecular weight excluding hydrogens is 122 g/mol. The largest absolute Gasteiger partial charge is 0.330 e. The summed E-state index contributed by atoms with van der Waals surface area (Å²) in [5.41, 5.74) is 5.99. The van der Waals surface area contributed by atoms with Gasteiger partial charge in [0, 0.05) is 0 Å². The zero-order chi connectivity index (χ0) is 7.61. The minimum atomic E-state index is 0.340. The van der Waals surface area contributed by atoms with E-state index < -0.39 is 0 Å². The first-order valence-electron chi connectivity index (χ1n) is 4.04. The number of hydrogen-bond donors (Lipinski definition) is 1. The molecule has 0 amide bonds. The molecule has 0 aromatic rings. The maximum Gasteiger partial charge on any atom is -0.00407 e. The predicted octanol–water partition coefficient (Wildman–Crippen LogP) is 1.94. The molecule has 0 spiro atoms. The maximum absolute atomic E-state index is 5.64. The van der Waals surface area contributed by atoms with Gasteiger partial charge in [0.15, 0.2) is 0 Å². The standard InChI is InChI=1S/C9H17N/c1-9(2)6-4-3-5-8(9)7-10/h4,6,8H,3,5,7,10H2,1-2H3. The van der Waals surface area contributed by atoms with E-state index in [1.54, 1.807) is 0 Å². The number of allylic oxidation sites excluding steroid dienone is 2. The van der Waals surface area contributed by atoms with Crippen LogP contribution in [-0.4, -0.2) is 6.54 Å². The van der Waals surface area contributed by atoms with Gasteiger partial charge in [-0.15, -0.1) is 0 Å². The van der Waals surface area contributed by atoms with Gasteiger partial charge in [0.1, 0.15) is 0 Å². The Hall–Kier alpha value is -0.300. The van der Waals surface area contributed by atoms with Gasteiger partial charge in [-0.25, -0.2) is 0 Å². The van der Waals surface area contributed by atoms with E-state index >= 15 is 0 Å². The Morgan fingerprint density at radius 2 is 2.30 bits per heavy atom. The van der Waals surface area contributed by atoms with Crippen molar-refractivity contribution in [2.75, 3.05) is 6.54 Å². The van der Waals surface area contributed by atoms with Gasteiger partial charge < -0.3 is 5.73 Å². The molecule has 1 heteroatoms. The Morgan fingerprint density at radius 3 is 2.70 bits per heavy atom. The molecule has 1 unspecified atom stereocenters. The molecule has 0 bridgehead atoms. The molecule has 1 aliphatic rings. The average molecular weight is 139 g/mol. The van der Waals surface area contributed by atoms with Crippen molar-refractivity contribution in [3.05, 3.63) is 12.2 Å². The second kappa shape index (κ2) is 2.75. The van der Waals surface area contributed by atoms with Crippen molar-refractivity contribution in [3.8, 4) is 0 Å². The van der Waals surface area contributed by atoms with Crippen molar-refractivity contribution < 1.29 is 0 Å². The van der Waals surface area contributed by atoms with Gasteiger partial charge in [0.25, 0.3) is 0 Å². The monoisotopic (exact) mass is 139 g/mol. The first-order chi connectivity index (χ1) is 4.67. The fraction of sp³-hybridized carbons (Fsp3) is 0.778. The molecule has 0 radical (unpaired) electrons. The summed E-state index contributed by atoms with van der Waals surface area (Å²) in [5, 5.41) is 0. The van der Waals surface area contributed by atoms with Crippen molar-refractivity contribution in [1.82, 2.24) is 0 Å². The lowest BCUT2D eigenvalue weighted by Gasteiger charge is -2.33. The second-order valence-corrected chi connectivity index (χ2v) is 3.73. The molecule has 0 heterocycles. The molecule has 0 saturated heterocycles. The SMILES string of the molecule is CC1(C)C=CCCC1CN. The summed E-state index contributed by atoms with van der Waals surface area (Å²) in [5.74, 6) is 0.692. The van der Waals surface area contributed by atoms with Crippen LogP contribution in [-0.2, 0) is 0 Å². The Labute approximate surface area is 63.3 Å². The van der Waals surface area contributed by atoms with Crippen LogP contribution in [0.3, 0.4) is 0 Å². The van der Waals surface area contributed by atoms with Gasteiger partial charge in [-0.3, -0.25) is 0 Å². The Morgan fingerprint density at radius 1 is 1.60 bits per heavy atom. The molecule has 0 saturated carbocycles. The smallest absolute Gasteiger partial charge is 0.00407 e. The summed E-state index contributed by atoms with van der Waals surface area (Å²) in [6.07, 6.45) is 7.05. The van der Waals surface area contributed by atoms with Crippen molar-refractivity contribution in [1.29, 1.82) is 0 Å². The van der Waals surface area contributed by atoms with E-state index in [-0.39, 0.29) is 0 Å². The second-order valence-electron chi connectivity index (χ2n) is 3.73. The summed E-state index contributed by atoms with van der Waals surface area (Å²) >= 11 is 0. The van der Waals surface area contributed by atoms with E-state index in [4.69, 9.17) is 5.73 Å².